The zero-order valence-electron chi connectivity index (χ0n) is 14.3. The molecule has 3 aromatic rings. The van der Waals surface area contributed by atoms with Crippen molar-refractivity contribution in [3.05, 3.63) is 58.4 Å². The molecule has 0 atom stereocenters. The minimum Gasteiger partial charge on any atom is -0.348 e. The molecule has 1 N–H and O–H groups in total. The second kappa shape index (κ2) is 6.73. The van der Waals surface area contributed by atoms with Gasteiger partial charge in [0.15, 0.2) is 0 Å². The summed E-state index contributed by atoms with van der Waals surface area (Å²) in [4.78, 5) is 17.2. The van der Waals surface area contributed by atoms with Crippen LogP contribution in [0.4, 0.5) is 0 Å². The van der Waals surface area contributed by atoms with E-state index in [-0.39, 0.29) is 11.8 Å². The highest BCUT2D eigenvalue weighted by atomic mass is 16.5. The standard InChI is InChI=1S/C19H18N4O2/c1-11(2)16-8-15(17-12(3)23-25-19(17)22-16)18(24)21-10-14-6-4-5-13(7-14)9-20/h4-8,11H,10H2,1-3H3,(H,21,24). The maximum atomic E-state index is 12.7. The van der Waals surface area contributed by atoms with Gasteiger partial charge in [0.05, 0.1) is 28.3 Å². The zero-order chi connectivity index (χ0) is 18.0. The van der Waals surface area contributed by atoms with Gasteiger partial charge in [-0.2, -0.15) is 5.26 Å². The molecule has 2 aromatic heterocycles. The first kappa shape index (κ1) is 16.7. The van der Waals surface area contributed by atoms with Crippen LogP contribution in [-0.2, 0) is 6.54 Å². The molecular weight excluding hydrogens is 316 g/mol. The molecule has 0 aliphatic rings. The molecule has 0 saturated heterocycles. The quantitative estimate of drug-likeness (QED) is 0.789. The first-order valence-electron chi connectivity index (χ1n) is 8.03. The number of aromatic nitrogens is 2. The number of benzene rings is 1. The maximum Gasteiger partial charge on any atom is 0.259 e. The van der Waals surface area contributed by atoms with E-state index in [9.17, 15) is 4.79 Å². The van der Waals surface area contributed by atoms with Crippen molar-refractivity contribution in [3.63, 3.8) is 0 Å². The van der Waals surface area contributed by atoms with Crippen molar-refractivity contribution >= 4 is 17.0 Å². The molecule has 3 rings (SSSR count). The van der Waals surface area contributed by atoms with Crippen molar-refractivity contribution in [2.75, 3.05) is 0 Å². The Balaban J connectivity index is 1.91. The monoisotopic (exact) mass is 334 g/mol. The summed E-state index contributed by atoms with van der Waals surface area (Å²) in [6.45, 7) is 6.13. The van der Waals surface area contributed by atoms with E-state index in [2.05, 4.69) is 21.5 Å². The zero-order valence-corrected chi connectivity index (χ0v) is 14.3. The van der Waals surface area contributed by atoms with E-state index in [1.165, 1.54) is 0 Å². The molecule has 0 fully saturated rings. The van der Waals surface area contributed by atoms with Crippen molar-refractivity contribution in [3.8, 4) is 6.07 Å². The summed E-state index contributed by atoms with van der Waals surface area (Å²) in [6.07, 6.45) is 0. The number of nitriles is 1. The van der Waals surface area contributed by atoms with Gasteiger partial charge in [0.2, 0.25) is 0 Å². The summed E-state index contributed by atoms with van der Waals surface area (Å²) in [5.41, 5.74) is 3.72. The lowest BCUT2D eigenvalue weighted by Crippen LogP contribution is -2.23. The number of aryl methyl sites for hydroxylation is 1. The fraction of sp³-hybridized carbons (Fsp3) is 0.263. The van der Waals surface area contributed by atoms with Gasteiger partial charge in [0.1, 0.15) is 0 Å². The normalized spacial score (nSPS) is 10.8. The van der Waals surface area contributed by atoms with Crippen LogP contribution in [-0.4, -0.2) is 16.0 Å². The third-order valence-corrected chi connectivity index (χ3v) is 3.98. The van der Waals surface area contributed by atoms with Crippen LogP contribution in [0.1, 0.15) is 52.6 Å². The Labute approximate surface area is 145 Å². The highest BCUT2D eigenvalue weighted by Crippen LogP contribution is 2.25. The summed E-state index contributed by atoms with van der Waals surface area (Å²) < 4.78 is 5.25. The highest BCUT2D eigenvalue weighted by molar-refractivity contribution is 6.06. The number of hydrogen-bond donors (Lipinski definition) is 1. The highest BCUT2D eigenvalue weighted by Gasteiger charge is 2.19. The molecule has 6 heteroatoms. The smallest absolute Gasteiger partial charge is 0.259 e. The molecule has 0 spiro atoms. The summed E-state index contributed by atoms with van der Waals surface area (Å²) in [5.74, 6) is -0.0587. The number of rotatable bonds is 4. The van der Waals surface area contributed by atoms with E-state index < -0.39 is 0 Å². The average Bonchev–Trinajstić information content (AvgIpc) is 3.00. The number of carbonyl (C=O) groups is 1. The van der Waals surface area contributed by atoms with Gasteiger partial charge in [0, 0.05) is 12.2 Å². The van der Waals surface area contributed by atoms with Crippen molar-refractivity contribution in [2.45, 2.75) is 33.2 Å². The van der Waals surface area contributed by atoms with Crippen LogP contribution >= 0.6 is 0 Å². The molecule has 25 heavy (non-hydrogen) atoms. The summed E-state index contributed by atoms with van der Waals surface area (Å²) in [7, 11) is 0. The van der Waals surface area contributed by atoms with Crippen molar-refractivity contribution < 1.29 is 9.32 Å². The Bertz CT molecular complexity index is 983. The van der Waals surface area contributed by atoms with Gasteiger partial charge in [-0.1, -0.05) is 31.1 Å². The largest absolute Gasteiger partial charge is 0.348 e. The number of nitrogens with one attached hydrogen (secondary N) is 1. The first-order valence-corrected chi connectivity index (χ1v) is 8.03. The van der Waals surface area contributed by atoms with Gasteiger partial charge in [-0.15, -0.1) is 0 Å². The Kier molecular flexibility index (Phi) is 4.48. The molecule has 0 bridgehead atoms. The van der Waals surface area contributed by atoms with Crippen LogP contribution in [0.25, 0.3) is 11.1 Å². The molecule has 2 heterocycles. The summed E-state index contributed by atoms with van der Waals surface area (Å²) in [6, 6.07) is 11.0. The molecule has 1 amide bonds. The van der Waals surface area contributed by atoms with E-state index in [1.807, 2.05) is 19.9 Å². The lowest BCUT2D eigenvalue weighted by molar-refractivity contribution is 0.0952. The van der Waals surface area contributed by atoms with Crippen LogP contribution in [0.2, 0.25) is 0 Å². The minimum absolute atomic E-state index is 0.161. The summed E-state index contributed by atoms with van der Waals surface area (Å²) in [5, 5.41) is 16.4. The molecule has 0 saturated carbocycles. The lowest BCUT2D eigenvalue weighted by atomic mass is 10.0. The first-order chi connectivity index (χ1) is 12.0. The van der Waals surface area contributed by atoms with Crippen molar-refractivity contribution in [2.24, 2.45) is 0 Å². The van der Waals surface area contributed by atoms with Gasteiger partial charge in [0.25, 0.3) is 11.6 Å². The third-order valence-electron chi connectivity index (χ3n) is 3.98. The number of fused-ring (bicyclic) bond motifs is 1. The Morgan fingerprint density at radius 1 is 1.36 bits per heavy atom. The Hall–Kier alpha value is -3.20. The van der Waals surface area contributed by atoms with Crippen LogP contribution in [0.5, 0.6) is 0 Å². The molecule has 126 valence electrons. The van der Waals surface area contributed by atoms with Crippen molar-refractivity contribution in [1.82, 2.24) is 15.5 Å². The van der Waals surface area contributed by atoms with Gasteiger partial charge in [-0.25, -0.2) is 4.98 Å². The second-order valence-electron chi connectivity index (χ2n) is 6.19. The third kappa shape index (κ3) is 3.36. The number of carbonyl (C=O) groups excluding carboxylic acids is 1. The van der Waals surface area contributed by atoms with Gasteiger partial charge in [-0.05, 0) is 36.6 Å². The van der Waals surface area contributed by atoms with Crippen LogP contribution in [0.15, 0.2) is 34.9 Å². The molecule has 0 aliphatic carbocycles. The average molecular weight is 334 g/mol. The van der Waals surface area contributed by atoms with Gasteiger partial charge >= 0.3 is 0 Å². The molecule has 6 nitrogen and oxygen atoms in total. The minimum atomic E-state index is -0.219. The number of pyridine rings is 1. The van der Waals surface area contributed by atoms with Crippen LogP contribution < -0.4 is 5.32 Å². The van der Waals surface area contributed by atoms with Gasteiger partial charge < -0.3 is 9.84 Å². The molecule has 0 unspecified atom stereocenters. The molecule has 1 aromatic carbocycles. The predicted octanol–water partition coefficient (Wildman–Crippen LogP) is 3.46. The Morgan fingerprint density at radius 2 is 2.16 bits per heavy atom. The lowest BCUT2D eigenvalue weighted by Gasteiger charge is -2.10. The van der Waals surface area contributed by atoms with E-state index >= 15 is 0 Å². The van der Waals surface area contributed by atoms with Crippen LogP contribution in [0, 0.1) is 18.3 Å². The number of amides is 1. The molecular formula is C19H18N4O2. The van der Waals surface area contributed by atoms with E-state index in [0.717, 1.165) is 11.3 Å². The van der Waals surface area contributed by atoms with E-state index in [4.69, 9.17) is 9.78 Å². The van der Waals surface area contributed by atoms with Crippen molar-refractivity contribution in [1.29, 1.82) is 5.26 Å². The maximum absolute atomic E-state index is 12.7. The summed E-state index contributed by atoms with van der Waals surface area (Å²) >= 11 is 0. The predicted molar refractivity (Wildman–Crippen MR) is 93.0 cm³/mol. The SMILES string of the molecule is Cc1noc2nc(C(C)C)cc(C(=O)NCc3cccc(C#N)c3)c12. The van der Waals surface area contributed by atoms with Gasteiger partial charge in [-0.3, -0.25) is 4.79 Å². The fourth-order valence-electron chi connectivity index (χ4n) is 2.62. The van der Waals surface area contributed by atoms with E-state index in [0.29, 0.717) is 34.5 Å². The van der Waals surface area contributed by atoms with E-state index in [1.54, 1.807) is 31.2 Å². The molecule has 0 radical (unpaired) electrons. The topological polar surface area (TPSA) is 91.8 Å². The fourth-order valence-corrected chi connectivity index (χ4v) is 2.62. The Morgan fingerprint density at radius 3 is 2.88 bits per heavy atom. The number of nitrogens with zero attached hydrogens (tertiary/aromatic N) is 3. The second-order valence-corrected chi connectivity index (χ2v) is 6.19. The van der Waals surface area contributed by atoms with Crippen LogP contribution in [0.3, 0.4) is 0 Å². The number of hydrogen-bond acceptors (Lipinski definition) is 5. The molecule has 0 aliphatic heterocycles.